The average molecular weight is 460 g/mol. The highest BCUT2D eigenvalue weighted by Gasteiger charge is 2.25. The van der Waals surface area contributed by atoms with Crippen molar-refractivity contribution in [3.05, 3.63) is 65.9 Å². The molecule has 0 bridgehead atoms. The minimum atomic E-state index is -0.00726. The molecule has 7 heteroatoms. The van der Waals surface area contributed by atoms with E-state index in [1.807, 2.05) is 18.3 Å². The third-order valence-corrected chi connectivity index (χ3v) is 7.66. The van der Waals surface area contributed by atoms with E-state index in [1.54, 1.807) is 11.9 Å². The molecule has 2 aromatic carbocycles. The molecule has 3 heterocycles. The number of fused-ring (bicyclic) bond motifs is 1. The number of nitrogen functional groups attached to an aromatic ring is 1. The maximum Gasteiger partial charge on any atom is 0.251 e. The summed E-state index contributed by atoms with van der Waals surface area (Å²) >= 11 is 1.80. The number of nitrogens with zero attached hydrogens (tertiary/aromatic N) is 3. The molecule has 3 N–H and O–H groups in total. The molecule has 3 aromatic rings. The Labute approximate surface area is 199 Å². The highest BCUT2D eigenvalue weighted by atomic mass is 32.2. The summed E-state index contributed by atoms with van der Waals surface area (Å²) in [4.78, 5) is 19.0. The van der Waals surface area contributed by atoms with E-state index in [0.717, 1.165) is 52.9 Å². The minimum absolute atomic E-state index is 0.00726. The van der Waals surface area contributed by atoms with E-state index < -0.39 is 0 Å². The minimum Gasteiger partial charge on any atom is -0.383 e. The largest absolute Gasteiger partial charge is 0.383 e. The van der Waals surface area contributed by atoms with Gasteiger partial charge in [-0.25, -0.2) is 9.29 Å². The first kappa shape index (κ1) is 21.8. The molecule has 0 aliphatic carbocycles. The second-order valence-electron chi connectivity index (χ2n) is 8.70. The third kappa shape index (κ3) is 4.30. The number of nitrogens with two attached hydrogens (primary N) is 1. The van der Waals surface area contributed by atoms with Gasteiger partial charge in [-0.3, -0.25) is 4.79 Å². The van der Waals surface area contributed by atoms with Crippen LogP contribution in [0.1, 0.15) is 22.3 Å². The molecule has 33 heavy (non-hydrogen) atoms. The molecule has 2 aliphatic rings. The lowest BCUT2D eigenvalue weighted by Crippen LogP contribution is -2.31. The van der Waals surface area contributed by atoms with Crippen LogP contribution in [0.15, 0.2) is 54.7 Å². The Morgan fingerprint density at radius 3 is 2.67 bits per heavy atom. The van der Waals surface area contributed by atoms with Crippen molar-refractivity contribution in [1.29, 1.82) is 0 Å². The number of hydrogen-bond acceptors (Lipinski definition) is 6. The monoisotopic (exact) mass is 459 g/mol. The van der Waals surface area contributed by atoms with Crippen molar-refractivity contribution < 1.29 is 4.79 Å². The molecule has 170 valence electrons. The van der Waals surface area contributed by atoms with E-state index in [4.69, 9.17) is 5.73 Å². The van der Waals surface area contributed by atoms with Crippen LogP contribution in [0.25, 0.3) is 22.3 Å². The van der Waals surface area contributed by atoms with Gasteiger partial charge in [0.1, 0.15) is 5.82 Å². The summed E-state index contributed by atoms with van der Waals surface area (Å²) in [5.74, 6) is 0.490. The summed E-state index contributed by atoms with van der Waals surface area (Å²) in [6.07, 6.45) is 5.98. The first-order valence-electron chi connectivity index (χ1n) is 11.3. The molecule has 1 unspecified atom stereocenters. The van der Waals surface area contributed by atoms with Crippen LogP contribution in [0.2, 0.25) is 0 Å². The Bertz CT molecular complexity index is 1180. The molecule has 2 aliphatic heterocycles. The van der Waals surface area contributed by atoms with E-state index in [-0.39, 0.29) is 5.91 Å². The normalized spacial score (nSPS) is 17.8. The Balaban J connectivity index is 1.39. The van der Waals surface area contributed by atoms with Crippen LogP contribution in [0.5, 0.6) is 0 Å². The molecular weight excluding hydrogens is 430 g/mol. The van der Waals surface area contributed by atoms with Gasteiger partial charge in [-0.2, -0.15) is 0 Å². The number of likely N-dealkylation sites (N-methyl/N-ethyl adjacent to an activating group) is 1. The maximum atomic E-state index is 12.1. The lowest BCUT2D eigenvalue weighted by molar-refractivity contribution is 0.0946. The predicted octanol–water partition coefficient (Wildman–Crippen LogP) is 4.07. The van der Waals surface area contributed by atoms with Crippen LogP contribution < -0.4 is 16.0 Å². The second-order valence-corrected chi connectivity index (χ2v) is 9.64. The van der Waals surface area contributed by atoms with Crippen molar-refractivity contribution in [3.63, 3.8) is 0 Å². The number of hydrogen-bond donors (Lipinski definition) is 2. The number of nitrogens with one attached hydrogen (secondary N) is 1. The van der Waals surface area contributed by atoms with E-state index in [1.165, 1.54) is 12.1 Å². The van der Waals surface area contributed by atoms with Gasteiger partial charge >= 0.3 is 0 Å². The summed E-state index contributed by atoms with van der Waals surface area (Å²) in [6.45, 7) is 2.81. The fraction of sp³-hybridized carbons (Fsp3) is 0.308. The first-order chi connectivity index (χ1) is 16.0. The smallest absolute Gasteiger partial charge is 0.251 e. The highest BCUT2D eigenvalue weighted by Crippen LogP contribution is 2.33. The Morgan fingerprint density at radius 1 is 1.09 bits per heavy atom. The Morgan fingerprint density at radius 2 is 1.88 bits per heavy atom. The molecule has 1 aromatic heterocycles. The second kappa shape index (κ2) is 9.08. The van der Waals surface area contributed by atoms with Crippen molar-refractivity contribution >= 4 is 29.4 Å². The molecule has 0 saturated carbocycles. The summed E-state index contributed by atoms with van der Waals surface area (Å²) in [6, 6.07) is 17.3. The fourth-order valence-electron chi connectivity index (χ4n) is 4.75. The quantitative estimate of drug-likeness (QED) is 0.560. The van der Waals surface area contributed by atoms with E-state index in [0.29, 0.717) is 18.4 Å². The lowest BCUT2D eigenvalue weighted by Gasteiger charge is -2.23. The number of amides is 1. The number of benzene rings is 2. The van der Waals surface area contributed by atoms with Crippen LogP contribution in [0, 0.1) is 0 Å². The maximum absolute atomic E-state index is 12.1. The van der Waals surface area contributed by atoms with Crippen molar-refractivity contribution in [2.24, 2.45) is 0 Å². The molecule has 0 radical (unpaired) electrons. The summed E-state index contributed by atoms with van der Waals surface area (Å²) in [7, 11) is 2.17. The van der Waals surface area contributed by atoms with Gasteiger partial charge in [0.15, 0.2) is 0 Å². The van der Waals surface area contributed by atoms with Gasteiger partial charge < -0.3 is 16.0 Å². The molecule has 6 nitrogen and oxygen atoms in total. The van der Waals surface area contributed by atoms with Crippen LogP contribution in [0.4, 0.5) is 11.5 Å². The van der Waals surface area contributed by atoms with Crippen LogP contribution in [0.3, 0.4) is 0 Å². The van der Waals surface area contributed by atoms with E-state index in [2.05, 4.69) is 69.2 Å². The van der Waals surface area contributed by atoms with Gasteiger partial charge in [0.2, 0.25) is 0 Å². The summed E-state index contributed by atoms with van der Waals surface area (Å²) in [5, 5.41) is 2.89. The molecular formula is C26H29N5OS. The van der Waals surface area contributed by atoms with E-state index >= 15 is 0 Å². The van der Waals surface area contributed by atoms with Gasteiger partial charge in [0.05, 0.1) is 0 Å². The van der Waals surface area contributed by atoms with Crippen molar-refractivity contribution in [1.82, 2.24) is 14.6 Å². The average Bonchev–Trinajstić information content (AvgIpc) is 3.34. The van der Waals surface area contributed by atoms with E-state index in [9.17, 15) is 4.79 Å². The number of carbonyl (C=O) groups excluding carboxylic acids is 1. The molecule has 1 saturated heterocycles. The standard InChI is InChI=1S/C26H29N5OS/c1-30(33-2)22-10-12-31(16-22)21-6-3-17(4-7-21)20-14-24(25(27)29-15-20)18-5-8-23-19(13-18)9-11-28-26(23)32/h3-8,13-15,22H,9-12,16H2,1-2H3,(H2,27,29)(H,28,32). The van der Waals surface area contributed by atoms with Crippen molar-refractivity contribution in [2.75, 3.05) is 43.6 Å². The van der Waals surface area contributed by atoms with Crippen molar-refractivity contribution in [2.45, 2.75) is 18.9 Å². The number of carbonyl (C=O) groups is 1. The number of rotatable bonds is 5. The third-order valence-electron chi connectivity index (χ3n) is 6.79. The molecule has 5 rings (SSSR count). The SMILES string of the molecule is CSN(C)C1CCN(c2ccc(-c3cnc(N)c(-c4ccc5c(c4)CCNC5=O)c3)cc2)C1. The summed E-state index contributed by atoms with van der Waals surface area (Å²) < 4.78 is 2.35. The zero-order valence-electron chi connectivity index (χ0n) is 19.0. The topological polar surface area (TPSA) is 74.5 Å². The highest BCUT2D eigenvalue weighted by molar-refractivity contribution is 7.96. The van der Waals surface area contributed by atoms with Gasteiger partial charge in [-0.05, 0) is 67.1 Å². The Kier molecular flexibility index (Phi) is 6.00. The van der Waals surface area contributed by atoms with Gasteiger partial charge in [0.25, 0.3) is 5.91 Å². The summed E-state index contributed by atoms with van der Waals surface area (Å²) in [5.41, 5.74) is 13.3. The fourth-order valence-corrected chi connectivity index (χ4v) is 5.22. The predicted molar refractivity (Wildman–Crippen MR) is 137 cm³/mol. The van der Waals surface area contributed by atoms with Crippen LogP contribution >= 0.6 is 11.9 Å². The lowest BCUT2D eigenvalue weighted by atomic mass is 9.94. The number of pyridine rings is 1. The van der Waals surface area contributed by atoms with Gasteiger partial charge in [-0.15, -0.1) is 0 Å². The van der Waals surface area contributed by atoms with Gasteiger partial charge in [-0.1, -0.05) is 36.2 Å². The molecule has 1 atom stereocenters. The first-order valence-corrected chi connectivity index (χ1v) is 12.5. The zero-order valence-corrected chi connectivity index (χ0v) is 19.9. The van der Waals surface area contributed by atoms with Crippen molar-refractivity contribution in [3.8, 4) is 22.3 Å². The number of aromatic nitrogens is 1. The van der Waals surface area contributed by atoms with Gasteiger partial charge in [0, 0.05) is 54.3 Å². The molecule has 1 fully saturated rings. The number of anilines is 2. The Hall–Kier alpha value is -3.03. The molecule has 1 amide bonds. The van der Waals surface area contributed by atoms with Crippen LogP contribution in [-0.2, 0) is 6.42 Å². The molecule has 0 spiro atoms. The zero-order chi connectivity index (χ0) is 22.9. The van der Waals surface area contributed by atoms with Crippen LogP contribution in [-0.4, -0.2) is 54.2 Å².